The average molecular weight is 222 g/mol. The number of aromatic nitrogens is 1. The van der Waals surface area contributed by atoms with Gasteiger partial charge in [-0.25, -0.2) is 4.79 Å². The molecule has 1 aromatic rings. The molecule has 2 heterocycles. The van der Waals surface area contributed by atoms with Crippen LogP contribution in [0.2, 0.25) is 0 Å². The molecule has 0 aliphatic carbocycles. The van der Waals surface area contributed by atoms with Crippen LogP contribution in [0.15, 0.2) is 16.9 Å². The molecule has 5 heteroatoms. The maximum atomic E-state index is 11.3. The van der Waals surface area contributed by atoms with Gasteiger partial charge in [0.2, 0.25) is 5.56 Å². The van der Waals surface area contributed by atoms with E-state index in [-0.39, 0.29) is 17.0 Å². The minimum Gasteiger partial charge on any atom is -0.478 e. The van der Waals surface area contributed by atoms with Gasteiger partial charge >= 0.3 is 5.97 Å². The summed E-state index contributed by atoms with van der Waals surface area (Å²) in [6.07, 6.45) is 1.86. The number of aromatic amines is 1. The Bertz CT molecular complexity index is 447. The van der Waals surface area contributed by atoms with Gasteiger partial charge in [0.05, 0.1) is 5.56 Å². The lowest BCUT2D eigenvalue weighted by Crippen LogP contribution is -2.28. The minimum absolute atomic E-state index is 0.0669. The second kappa shape index (κ2) is 4.49. The number of nitrogens with one attached hydrogen (secondary N) is 2. The summed E-state index contributed by atoms with van der Waals surface area (Å²) in [6.45, 7) is 1.81. The van der Waals surface area contributed by atoms with Crippen molar-refractivity contribution in [1.29, 1.82) is 0 Å². The van der Waals surface area contributed by atoms with E-state index in [1.54, 1.807) is 6.07 Å². The molecule has 0 amide bonds. The van der Waals surface area contributed by atoms with E-state index in [1.165, 1.54) is 0 Å². The third-order valence-corrected chi connectivity index (χ3v) is 2.89. The van der Waals surface area contributed by atoms with E-state index in [4.69, 9.17) is 5.11 Å². The Morgan fingerprint density at radius 3 is 2.62 bits per heavy atom. The van der Waals surface area contributed by atoms with E-state index in [1.807, 2.05) is 0 Å². The van der Waals surface area contributed by atoms with Crippen LogP contribution < -0.4 is 10.9 Å². The number of aromatic carboxylic acids is 1. The first-order chi connectivity index (χ1) is 7.66. The normalized spacial score (nSPS) is 17.2. The fraction of sp³-hybridized carbons (Fsp3) is 0.455. The molecule has 16 heavy (non-hydrogen) atoms. The molecule has 0 bridgehead atoms. The number of hydrogen-bond donors (Lipinski definition) is 3. The summed E-state index contributed by atoms with van der Waals surface area (Å²) in [5.41, 5.74) is 0.470. The highest BCUT2D eigenvalue weighted by atomic mass is 16.4. The van der Waals surface area contributed by atoms with Gasteiger partial charge in [-0.05, 0) is 32.0 Å². The Morgan fingerprint density at radius 2 is 2.00 bits per heavy atom. The maximum absolute atomic E-state index is 11.3. The Hall–Kier alpha value is -1.62. The predicted octanol–water partition coefficient (Wildman–Crippen LogP) is 0.540. The van der Waals surface area contributed by atoms with Crippen LogP contribution in [-0.2, 0) is 0 Å². The number of hydrogen-bond acceptors (Lipinski definition) is 3. The van der Waals surface area contributed by atoms with Gasteiger partial charge in [0.1, 0.15) is 0 Å². The molecule has 2 rings (SSSR count). The van der Waals surface area contributed by atoms with Gasteiger partial charge in [-0.3, -0.25) is 4.79 Å². The molecular formula is C11H14N2O3. The van der Waals surface area contributed by atoms with Crippen LogP contribution in [0.3, 0.4) is 0 Å². The summed E-state index contributed by atoms with van der Waals surface area (Å²) >= 11 is 0. The fourth-order valence-electron chi connectivity index (χ4n) is 2.04. The first-order valence-electron chi connectivity index (χ1n) is 5.35. The van der Waals surface area contributed by atoms with Crippen LogP contribution in [0.25, 0.3) is 0 Å². The zero-order chi connectivity index (χ0) is 11.5. The molecule has 1 saturated heterocycles. The van der Waals surface area contributed by atoms with Crippen molar-refractivity contribution < 1.29 is 9.90 Å². The van der Waals surface area contributed by atoms with Crippen molar-refractivity contribution in [1.82, 2.24) is 10.3 Å². The molecule has 5 nitrogen and oxygen atoms in total. The zero-order valence-electron chi connectivity index (χ0n) is 8.82. The van der Waals surface area contributed by atoms with Gasteiger partial charge in [-0.1, -0.05) is 0 Å². The SMILES string of the molecule is O=C(O)c1cc(C2CCNCC2)[nH]c(=O)c1. The molecule has 0 radical (unpaired) electrons. The smallest absolute Gasteiger partial charge is 0.335 e. The lowest BCUT2D eigenvalue weighted by Gasteiger charge is -2.22. The Morgan fingerprint density at radius 1 is 1.31 bits per heavy atom. The first-order valence-corrected chi connectivity index (χ1v) is 5.35. The highest BCUT2D eigenvalue weighted by molar-refractivity contribution is 5.87. The third kappa shape index (κ3) is 2.30. The fourth-order valence-corrected chi connectivity index (χ4v) is 2.04. The number of H-pyrrole nitrogens is 1. The van der Waals surface area contributed by atoms with Crippen molar-refractivity contribution in [3.05, 3.63) is 33.7 Å². The van der Waals surface area contributed by atoms with Crippen LogP contribution in [0.5, 0.6) is 0 Å². The van der Waals surface area contributed by atoms with Crippen molar-refractivity contribution in [3.63, 3.8) is 0 Å². The van der Waals surface area contributed by atoms with E-state index < -0.39 is 5.97 Å². The van der Waals surface area contributed by atoms with E-state index in [0.717, 1.165) is 37.7 Å². The highest BCUT2D eigenvalue weighted by Crippen LogP contribution is 2.22. The van der Waals surface area contributed by atoms with Gasteiger partial charge in [0.25, 0.3) is 0 Å². The third-order valence-electron chi connectivity index (χ3n) is 2.89. The molecule has 1 aliphatic rings. The molecule has 1 fully saturated rings. The van der Waals surface area contributed by atoms with Crippen LogP contribution in [-0.4, -0.2) is 29.1 Å². The number of pyridine rings is 1. The molecule has 0 aromatic carbocycles. The van der Waals surface area contributed by atoms with Crippen molar-refractivity contribution in [2.75, 3.05) is 13.1 Å². The van der Waals surface area contributed by atoms with E-state index >= 15 is 0 Å². The quantitative estimate of drug-likeness (QED) is 0.682. The number of carbonyl (C=O) groups is 1. The zero-order valence-corrected chi connectivity index (χ0v) is 8.82. The van der Waals surface area contributed by atoms with Crippen LogP contribution in [0.4, 0.5) is 0 Å². The molecular weight excluding hydrogens is 208 g/mol. The van der Waals surface area contributed by atoms with Gasteiger partial charge in [0.15, 0.2) is 0 Å². The molecule has 3 N–H and O–H groups in total. The second-order valence-corrected chi connectivity index (χ2v) is 4.02. The number of carboxylic acids is 1. The van der Waals surface area contributed by atoms with E-state index in [9.17, 15) is 9.59 Å². The van der Waals surface area contributed by atoms with Gasteiger partial charge in [-0.2, -0.15) is 0 Å². The highest BCUT2D eigenvalue weighted by Gasteiger charge is 2.17. The Kier molecular flexibility index (Phi) is 3.05. The standard InChI is InChI=1S/C11H14N2O3/c14-10-6-8(11(15)16)5-9(13-10)7-1-3-12-4-2-7/h5-7,12H,1-4H2,(H,13,14)(H,15,16). The van der Waals surface area contributed by atoms with Crippen LogP contribution >= 0.6 is 0 Å². The molecule has 1 aromatic heterocycles. The van der Waals surface area contributed by atoms with Crippen molar-refractivity contribution in [3.8, 4) is 0 Å². The van der Waals surface area contributed by atoms with Gasteiger partial charge in [0, 0.05) is 17.7 Å². The van der Waals surface area contributed by atoms with Gasteiger partial charge < -0.3 is 15.4 Å². The van der Waals surface area contributed by atoms with E-state index in [2.05, 4.69) is 10.3 Å². The molecule has 0 spiro atoms. The average Bonchev–Trinajstić information content (AvgIpc) is 2.29. The van der Waals surface area contributed by atoms with Gasteiger partial charge in [-0.15, -0.1) is 0 Å². The monoisotopic (exact) mass is 222 g/mol. The lowest BCUT2D eigenvalue weighted by molar-refractivity contribution is 0.0696. The Labute approximate surface area is 92.5 Å². The van der Waals surface area contributed by atoms with E-state index in [0.29, 0.717) is 0 Å². The largest absolute Gasteiger partial charge is 0.478 e. The van der Waals surface area contributed by atoms with Crippen molar-refractivity contribution in [2.24, 2.45) is 0 Å². The molecule has 0 atom stereocenters. The summed E-state index contributed by atoms with van der Waals surface area (Å²) in [4.78, 5) is 24.9. The summed E-state index contributed by atoms with van der Waals surface area (Å²) in [5.74, 6) is -0.797. The Balaban J connectivity index is 2.32. The van der Waals surface area contributed by atoms with Crippen molar-refractivity contribution >= 4 is 5.97 Å². The number of carboxylic acid groups (broad SMARTS) is 1. The summed E-state index contributed by atoms with van der Waals surface area (Å²) in [6, 6.07) is 2.69. The predicted molar refractivity (Wildman–Crippen MR) is 58.9 cm³/mol. The first kappa shape index (κ1) is 10.9. The van der Waals surface area contributed by atoms with Crippen LogP contribution in [0, 0.1) is 0 Å². The minimum atomic E-state index is -1.05. The second-order valence-electron chi connectivity index (χ2n) is 4.02. The summed E-state index contributed by atoms with van der Waals surface area (Å²) in [5, 5.41) is 12.1. The van der Waals surface area contributed by atoms with Crippen molar-refractivity contribution in [2.45, 2.75) is 18.8 Å². The number of rotatable bonds is 2. The van der Waals surface area contributed by atoms with Crippen LogP contribution in [0.1, 0.15) is 34.8 Å². The number of piperidine rings is 1. The summed E-state index contributed by atoms with van der Waals surface area (Å²) < 4.78 is 0. The lowest BCUT2D eigenvalue weighted by atomic mass is 9.93. The topological polar surface area (TPSA) is 82.2 Å². The molecule has 0 saturated carbocycles. The summed E-state index contributed by atoms with van der Waals surface area (Å²) in [7, 11) is 0. The molecule has 1 aliphatic heterocycles. The molecule has 0 unspecified atom stereocenters. The maximum Gasteiger partial charge on any atom is 0.335 e. The molecule has 86 valence electrons.